The lowest BCUT2D eigenvalue weighted by atomic mass is 10.00. The van der Waals surface area contributed by atoms with Gasteiger partial charge in [-0.1, -0.05) is 0 Å². The zero-order valence-corrected chi connectivity index (χ0v) is 14.9. The molecule has 2 fully saturated rings. The number of hydrogen-bond donors (Lipinski definition) is 1. The first-order chi connectivity index (χ1) is 11.5. The highest BCUT2D eigenvalue weighted by atomic mass is 32.2. The number of nitrogens with zero attached hydrogens (tertiary/aromatic N) is 2. The van der Waals surface area contributed by atoms with Crippen LogP contribution in [0.2, 0.25) is 0 Å². The Bertz CT molecular complexity index is 686. The van der Waals surface area contributed by atoms with Gasteiger partial charge < -0.3 is 10.2 Å². The smallest absolute Gasteiger partial charge is 0.243 e. The molecule has 2 aliphatic heterocycles. The zero-order valence-electron chi connectivity index (χ0n) is 14.1. The van der Waals surface area contributed by atoms with Crippen LogP contribution in [0.1, 0.15) is 25.7 Å². The van der Waals surface area contributed by atoms with Crippen molar-refractivity contribution in [2.24, 2.45) is 5.92 Å². The van der Waals surface area contributed by atoms with Gasteiger partial charge in [0, 0.05) is 31.7 Å². The Kier molecular flexibility index (Phi) is 5.22. The number of sulfonamides is 1. The molecular formula is C17H25N3O3S. The topological polar surface area (TPSA) is 69.7 Å². The largest absolute Gasteiger partial charge is 0.319 e. The number of rotatable bonds is 5. The highest BCUT2D eigenvalue weighted by molar-refractivity contribution is 7.89. The molecule has 1 atom stereocenters. The Morgan fingerprint density at radius 2 is 1.92 bits per heavy atom. The van der Waals surface area contributed by atoms with Crippen LogP contribution in [0, 0.1) is 5.92 Å². The Hall–Kier alpha value is -1.44. The summed E-state index contributed by atoms with van der Waals surface area (Å²) in [6.45, 7) is 2.69. The molecule has 0 bridgehead atoms. The summed E-state index contributed by atoms with van der Waals surface area (Å²) in [4.78, 5) is 13.8. The Morgan fingerprint density at radius 1 is 1.17 bits per heavy atom. The zero-order chi connectivity index (χ0) is 17.2. The molecule has 1 amide bonds. The van der Waals surface area contributed by atoms with Gasteiger partial charge in [-0.2, -0.15) is 4.31 Å². The summed E-state index contributed by atoms with van der Waals surface area (Å²) < 4.78 is 27.3. The standard InChI is InChI=1S/C17H25N3O3S/c1-18-12-14-4-2-10-19(13-14)24(22,23)16-8-6-15(7-9-16)20-11-3-5-17(20)21/h6-9,14,18H,2-5,10-13H2,1H3/t14-/m1/s1. The predicted octanol–water partition coefficient (Wildman–Crippen LogP) is 1.43. The van der Waals surface area contributed by atoms with Gasteiger partial charge in [0.05, 0.1) is 4.90 Å². The maximum absolute atomic E-state index is 12.9. The minimum absolute atomic E-state index is 0.108. The second kappa shape index (κ2) is 7.21. The van der Waals surface area contributed by atoms with Crippen molar-refractivity contribution in [3.63, 3.8) is 0 Å². The molecule has 3 rings (SSSR count). The summed E-state index contributed by atoms with van der Waals surface area (Å²) >= 11 is 0. The van der Waals surface area contributed by atoms with Crippen LogP contribution in [0.5, 0.6) is 0 Å². The molecular weight excluding hydrogens is 326 g/mol. The fourth-order valence-electron chi connectivity index (χ4n) is 3.57. The van der Waals surface area contributed by atoms with Crippen LogP contribution in [0.3, 0.4) is 0 Å². The van der Waals surface area contributed by atoms with E-state index in [9.17, 15) is 13.2 Å². The molecule has 0 unspecified atom stereocenters. The fourth-order valence-corrected chi connectivity index (χ4v) is 5.12. The average molecular weight is 351 g/mol. The minimum Gasteiger partial charge on any atom is -0.319 e. The van der Waals surface area contributed by atoms with E-state index in [1.807, 2.05) is 7.05 Å². The van der Waals surface area contributed by atoms with Crippen LogP contribution in [0.25, 0.3) is 0 Å². The number of amides is 1. The Labute approximate surface area is 143 Å². The van der Waals surface area contributed by atoms with Crippen molar-refractivity contribution in [1.29, 1.82) is 0 Å². The van der Waals surface area contributed by atoms with E-state index in [-0.39, 0.29) is 5.91 Å². The van der Waals surface area contributed by atoms with Crippen LogP contribution < -0.4 is 10.2 Å². The van der Waals surface area contributed by atoms with E-state index in [2.05, 4.69) is 5.32 Å². The van der Waals surface area contributed by atoms with Crippen molar-refractivity contribution in [1.82, 2.24) is 9.62 Å². The molecule has 0 spiro atoms. The molecule has 1 aromatic carbocycles. The highest BCUT2D eigenvalue weighted by Crippen LogP contribution is 2.26. The minimum atomic E-state index is -3.46. The SMILES string of the molecule is CNC[C@H]1CCCN(S(=O)(=O)c2ccc(N3CCCC3=O)cc2)C1. The van der Waals surface area contributed by atoms with E-state index in [1.165, 1.54) is 0 Å². The van der Waals surface area contributed by atoms with Gasteiger partial charge in [-0.25, -0.2) is 8.42 Å². The van der Waals surface area contributed by atoms with Crippen molar-refractivity contribution < 1.29 is 13.2 Å². The molecule has 1 aromatic rings. The number of nitrogens with one attached hydrogen (secondary N) is 1. The van der Waals surface area contributed by atoms with Gasteiger partial charge in [0.1, 0.15) is 0 Å². The van der Waals surface area contributed by atoms with Gasteiger partial charge in [-0.3, -0.25) is 4.79 Å². The summed E-state index contributed by atoms with van der Waals surface area (Å²) in [6.07, 6.45) is 3.38. The number of carbonyl (C=O) groups excluding carboxylic acids is 1. The van der Waals surface area contributed by atoms with Crippen molar-refractivity contribution in [2.45, 2.75) is 30.6 Å². The van der Waals surface area contributed by atoms with E-state index in [0.717, 1.165) is 31.5 Å². The van der Waals surface area contributed by atoms with Gasteiger partial charge in [-0.05, 0) is 63.0 Å². The normalized spacial score (nSPS) is 23.0. The number of hydrogen-bond acceptors (Lipinski definition) is 4. The van der Waals surface area contributed by atoms with E-state index in [0.29, 0.717) is 36.9 Å². The number of anilines is 1. The number of piperidine rings is 1. The third-order valence-electron chi connectivity index (χ3n) is 4.83. The number of carbonyl (C=O) groups is 1. The van der Waals surface area contributed by atoms with Crippen molar-refractivity contribution in [3.05, 3.63) is 24.3 Å². The Balaban J connectivity index is 1.76. The molecule has 2 heterocycles. The molecule has 0 aliphatic carbocycles. The van der Waals surface area contributed by atoms with Gasteiger partial charge >= 0.3 is 0 Å². The molecule has 0 aromatic heterocycles. The van der Waals surface area contributed by atoms with Crippen LogP contribution in [-0.4, -0.2) is 51.9 Å². The lowest BCUT2D eigenvalue weighted by Gasteiger charge is -2.32. The van der Waals surface area contributed by atoms with Crippen LogP contribution in [0.15, 0.2) is 29.2 Å². The van der Waals surface area contributed by atoms with Gasteiger partial charge in [-0.15, -0.1) is 0 Å². The van der Waals surface area contributed by atoms with Crippen molar-refractivity contribution >= 4 is 21.6 Å². The van der Waals surface area contributed by atoms with E-state index in [1.54, 1.807) is 33.5 Å². The molecule has 2 saturated heterocycles. The molecule has 6 nitrogen and oxygen atoms in total. The summed E-state index contributed by atoms with van der Waals surface area (Å²) in [5.41, 5.74) is 0.781. The van der Waals surface area contributed by atoms with E-state index in [4.69, 9.17) is 0 Å². The predicted molar refractivity (Wildman–Crippen MR) is 93.4 cm³/mol. The highest BCUT2D eigenvalue weighted by Gasteiger charge is 2.30. The van der Waals surface area contributed by atoms with E-state index < -0.39 is 10.0 Å². The molecule has 7 heteroatoms. The maximum atomic E-state index is 12.9. The summed E-state index contributed by atoms with van der Waals surface area (Å²) in [5, 5.41) is 3.13. The van der Waals surface area contributed by atoms with Crippen LogP contribution in [0.4, 0.5) is 5.69 Å². The second-order valence-electron chi connectivity index (χ2n) is 6.57. The van der Waals surface area contributed by atoms with Crippen molar-refractivity contribution in [2.75, 3.05) is 38.1 Å². The molecule has 24 heavy (non-hydrogen) atoms. The molecule has 2 aliphatic rings. The first-order valence-corrected chi connectivity index (χ1v) is 10.0. The lowest BCUT2D eigenvalue weighted by Crippen LogP contribution is -2.42. The maximum Gasteiger partial charge on any atom is 0.243 e. The van der Waals surface area contributed by atoms with E-state index >= 15 is 0 Å². The summed E-state index contributed by atoms with van der Waals surface area (Å²) in [6, 6.07) is 6.73. The first kappa shape index (κ1) is 17.4. The van der Waals surface area contributed by atoms with Gasteiger partial charge in [0.2, 0.25) is 15.9 Å². The molecule has 1 N–H and O–H groups in total. The van der Waals surface area contributed by atoms with Gasteiger partial charge in [0.15, 0.2) is 0 Å². The summed E-state index contributed by atoms with van der Waals surface area (Å²) in [5.74, 6) is 0.469. The third-order valence-corrected chi connectivity index (χ3v) is 6.71. The van der Waals surface area contributed by atoms with Gasteiger partial charge in [0.25, 0.3) is 0 Å². The molecule has 132 valence electrons. The summed E-state index contributed by atoms with van der Waals surface area (Å²) in [7, 11) is -1.57. The fraction of sp³-hybridized carbons (Fsp3) is 0.588. The lowest BCUT2D eigenvalue weighted by molar-refractivity contribution is -0.117. The number of benzene rings is 1. The molecule has 0 radical (unpaired) electrons. The second-order valence-corrected chi connectivity index (χ2v) is 8.51. The van der Waals surface area contributed by atoms with Crippen molar-refractivity contribution in [3.8, 4) is 0 Å². The first-order valence-electron chi connectivity index (χ1n) is 8.57. The quantitative estimate of drug-likeness (QED) is 0.871. The monoisotopic (exact) mass is 351 g/mol. The van der Waals surface area contributed by atoms with Crippen LogP contribution in [-0.2, 0) is 14.8 Å². The average Bonchev–Trinajstić information content (AvgIpc) is 3.02. The Morgan fingerprint density at radius 3 is 2.54 bits per heavy atom. The molecule has 0 saturated carbocycles. The van der Waals surface area contributed by atoms with Crippen LogP contribution >= 0.6 is 0 Å². The third kappa shape index (κ3) is 3.48.